The van der Waals surface area contributed by atoms with Crippen LogP contribution in [0.25, 0.3) is 0 Å². The van der Waals surface area contributed by atoms with Crippen LogP contribution < -0.4 is 15.8 Å². The molecule has 7 nitrogen and oxygen atoms in total. The molecular weight excluding hydrogens is 304 g/mol. The fraction of sp³-hybridized carbons (Fsp3) is 0.412. The van der Waals surface area contributed by atoms with Gasteiger partial charge in [0.05, 0.1) is 5.56 Å². The number of pyridine rings is 1. The second kappa shape index (κ2) is 7.13. The third-order valence-corrected chi connectivity index (χ3v) is 4.28. The zero-order valence-corrected chi connectivity index (χ0v) is 13.6. The molecule has 1 unspecified atom stereocenters. The standard InChI is InChI=1S/C17H20N6O/c1-22-17(24)8-7-16(21-22)23-9-3-2-4-14(23)12-20-15-6-5-13(10-18)11-19-15/h5-8,11,14H,2-4,9,12H2,1H3,(H,19,20). The lowest BCUT2D eigenvalue weighted by atomic mass is 10.0. The Kier molecular flexibility index (Phi) is 4.75. The van der Waals surface area contributed by atoms with Crippen molar-refractivity contribution in [3.05, 3.63) is 46.4 Å². The van der Waals surface area contributed by atoms with Crippen LogP contribution in [0.5, 0.6) is 0 Å². The Morgan fingerprint density at radius 3 is 2.92 bits per heavy atom. The Morgan fingerprint density at radius 2 is 2.21 bits per heavy atom. The molecule has 3 rings (SSSR count). The van der Waals surface area contributed by atoms with Crippen molar-refractivity contribution >= 4 is 11.6 Å². The van der Waals surface area contributed by atoms with Crippen LogP contribution in [0.4, 0.5) is 11.6 Å². The van der Waals surface area contributed by atoms with Crippen molar-refractivity contribution in [1.82, 2.24) is 14.8 Å². The number of hydrogen-bond acceptors (Lipinski definition) is 6. The third kappa shape index (κ3) is 3.54. The van der Waals surface area contributed by atoms with Gasteiger partial charge in [0.25, 0.3) is 5.56 Å². The number of hydrogen-bond donors (Lipinski definition) is 1. The maximum atomic E-state index is 11.5. The highest BCUT2D eigenvalue weighted by molar-refractivity contribution is 5.42. The van der Waals surface area contributed by atoms with E-state index in [4.69, 9.17) is 5.26 Å². The molecule has 1 N–H and O–H groups in total. The van der Waals surface area contributed by atoms with E-state index in [9.17, 15) is 4.79 Å². The second-order valence-corrected chi connectivity index (χ2v) is 5.92. The first-order valence-corrected chi connectivity index (χ1v) is 8.08. The van der Waals surface area contributed by atoms with Gasteiger partial charge in [0.1, 0.15) is 17.7 Å². The van der Waals surface area contributed by atoms with Crippen LogP contribution >= 0.6 is 0 Å². The summed E-state index contributed by atoms with van der Waals surface area (Å²) in [7, 11) is 1.67. The van der Waals surface area contributed by atoms with Gasteiger partial charge < -0.3 is 10.2 Å². The van der Waals surface area contributed by atoms with E-state index in [-0.39, 0.29) is 5.56 Å². The first-order chi connectivity index (χ1) is 11.7. The number of nitrogens with one attached hydrogen (secondary N) is 1. The number of nitriles is 1. The van der Waals surface area contributed by atoms with Gasteiger partial charge in [-0.3, -0.25) is 4.79 Å². The minimum Gasteiger partial charge on any atom is -0.368 e. The van der Waals surface area contributed by atoms with E-state index < -0.39 is 0 Å². The number of piperidine rings is 1. The summed E-state index contributed by atoms with van der Waals surface area (Å²) in [6.45, 7) is 1.67. The van der Waals surface area contributed by atoms with Gasteiger partial charge >= 0.3 is 0 Å². The SMILES string of the molecule is Cn1nc(N2CCCCC2CNc2ccc(C#N)cn2)ccc1=O. The molecule has 1 aliphatic heterocycles. The quantitative estimate of drug-likeness (QED) is 0.917. The molecule has 0 spiro atoms. The van der Waals surface area contributed by atoms with Crippen molar-refractivity contribution < 1.29 is 0 Å². The molecule has 7 heteroatoms. The predicted molar refractivity (Wildman–Crippen MR) is 91.9 cm³/mol. The minimum atomic E-state index is -0.104. The smallest absolute Gasteiger partial charge is 0.266 e. The van der Waals surface area contributed by atoms with E-state index in [1.165, 1.54) is 11.1 Å². The van der Waals surface area contributed by atoms with Crippen LogP contribution in [-0.2, 0) is 7.05 Å². The lowest BCUT2D eigenvalue weighted by Gasteiger charge is -2.36. The van der Waals surface area contributed by atoms with Crippen molar-refractivity contribution in [3.63, 3.8) is 0 Å². The molecule has 0 amide bonds. The number of aryl methyl sites for hydroxylation is 1. The van der Waals surface area contributed by atoms with Crippen molar-refractivity contribution in [2.24, 2.45) is 7.05 Å². The van der Waals surface area contributed by atoms with Crippen LogP contribution in [0, 0.1) is 11.3 Å². The largest absolute Gasteiger partial charge is 0.368 e. The van der Waals surface area contributed by atoms with E-state index in [1.54, 1.807) is 31.4 Å². The number of anilines is 2. The molecule has 0 radical (unpaired) electrons. The Bertz CT molecular complexity index is 792. The molecule has 3 heterocycles. The highest BCUT2D eigenvalue weighted by Gasteiger charge is 2.24. The molecule has 124 valence electrons. The Hall–Kier alpha value is -2.88. The molecule has 0 aliphatic carbocycles. The van der Waals surface area contributed by atoms with Crippen molar-refractivity contribution in [1.29, 1.82) is 5.26 Å². The van der Waals surface area contributed by atoms with Gasteiger partial charge in [-0.15, -0.1) is 0 Å². The number of rotatable bonds is 4. The van der Waals surface area contributed by atoms with Gasteiger partial charge in [0.2, 0.25) is 0 Å². The summed E-state index contributed by atoms with van der Waals surface area (Å²) in [6.07, 6.45) is 4.93. The number of nitrogens with zero attached hydrogens (tertiary/aromatic N) is 5. The molecule has 0 saturated carbocycles. The second-order valence-electron chi connectivity index (χ2n) is 5.92. The van der Waals surface area contributed by atoms with Gasteiger partial charge in [0.15, 0.2) is 0 Å². The van der Waals surface area contributed by atoms with Gasteiger partial charge in [0, 0.05) is 38.4 Å². The average Bonchev–Trinajstić information content (AvgIpc) is 2.63. The summed E-state index contributed by atoms with van der Waals surface area (Å²) in [5.41, 5.74) is 0.446. The van der Waals surface area contributed by atoms with Crippen molar-refractivity contribution in [2.75, 3.05) is 23.3 Å². The molecule has 1 saturated heterocycles. The summed E-state index contributed by atoms with van der Waals surface area (Å²) in [6, 6.07) is 9.28. The summed E-state index contributed by atoms with van der Waals surface area (Å²) in [5, 5.41) is 16.5. The lowest BCUT2D eigenvalue weighted by molar-refractivity contribution is 0.464. The topological polar surface area (TPSA) is 86.8 Å². The van der Waals surface area contributed by atoms with Gasteiger partial charge in [-0.1, -0.05) is 0 Å². The molecule has 2 aromatic heterocycles. The Morgan fingerprint density at radius 1 is 1.33 bits per heavy atom. The van der Waals surface area contributed by atoms with E-state index in [0.29, 0.717) is 11.6 Å². The maximum absolute atomic E-state index is 11.5. The molecule has 0 bridgehead atoms. The normalized spacial score (nSPS) is 17.3. The summed E-state index contributed by atoms with van der Waals surface area (Å²) in [5.74, 6) is 1.59. The van der Waals surface area contributed by atoms with Crippen LogP contribution in [-0.4, -0.2) is 33.9 Å². The monoisotopic (exact) mass is 324 g/mol. The maximum Gasteiger partial charge on any atom is 0.266 e. The van der Waals surface area contributed by atoms with Crippen LogP contribution in [0.1, 0.15) is 24.8 Å². The minimum absolute atomic E-state index is 0.104. The molecule has 1 aliphatic rings. The highest BCUT2D eigenvalue weighted by atomic mass is 16.1. The summed E-state index contributed by atoms with van der Waals surface area (Å²) < 4.78 is 1.37. The molecule has 2 aromatic rings. The van der Waals surface area contributed by atoms with Crippen LogP contribution in [0.15, 0.2) is 35.3 Å². The van der Waals surface area contributed by atoms with Crippen LogP contribution in [0.2, 0.25) is 0 Å². The van der Waals surface area contributed by atoms with Gasteiger partial charge in [-0.25, -0.2) is 9.67 Å². The molecular formula is C17H20N6O. The first-order valence-electron chi connectivity index (χ1n) is 8.08. The van der Waals surface area contributed by atoms with E-state index >= 15 is 0 Å². The van der Waals surface area contributed by atoms with E-state index in [2.05, 4.69) is 26.4 Å². The van der Waals surface area contributed by atoms with Crippen LogP contribution in [0.3, 0.4) is 0 Å². The zero-order valence-electron chi connectivity index (χ0n) is 13.6. The molecule has 1 atom stereocenters. The Labute approximate surface area is 140 Å². The fourth-order valence-corrected chi connectivity index (χ4v) is 2.94. The highest BCUT2D eigenvalue weighted by Crippen LogP contribution is 2.22. The third-order valence-electron chi connectivity index (χ3n) is 4.28. The van der Waals surface area contributed by atoms with Gasteiger partial charge in [-0.2, -0.15) is 10.4 Å². The van der Waals surface area contributed by atoms with E-state index in [1.807, 2.05) is 6.07 Å². The fourth-order valence-electron chi connectivity index (χ4n) is 2.94. The first kappa shape index (κ1) is 16.0. The van der Waals surface area contributed by atoms with Crippen molar-refractivity contribution in [2.45, 2.75) is 25.3 Å². The molecule has 0 aromatic carbocycles. The number of aromatic nitrogens is 3. The van der Waals surface area contributed by atoms with Crippen molar-refractivity contribution in [3.8, 4) is 6.07 Å². The average molecular weight is 324 g/mol. The summed E-state index contributed by atoms with van der Waals surface area (Å²) >= 11 is 0. The predicted octanol–water partition coefficient (Wildman–Crippen LogP) is 1.52. The van der Waals surface area contributed by atoms with E-state index in [0.717, 1.165) is 37.6 Å². The Balaban J connectivity index is 1.71. The lowest BCUT2D eigenvalue weighted by Crippen LogP contribution is -2.45. The summed E-state index contributed by atoms with van der Waals surface area (Å²) in [4.78, 5) is 18.0. The van der Waals surface area contributed by atoms with Gasteiger partial charge in [-0.05, 0) is 37.5 Å². The zero-order chi connectivity index (χ0) is 16.9. The molecule has 1 fully saturated rings. The molecule has 24 heavy (non-hydrogen) atoms.